The molecule has 1 aromatic carbocycles. The minimum Gasteiger partial charge on any atom is -0.479 e. The topological polar surface area (TPSA) is 183 Å². The molecule has 14 atom stereocenters. The second kappa shape index (κ2) is 15.8. The molecule has 6 fully saturated rings. The van der Waals surface area contributed by atoms with Gasteiger partial charge >= 0.3 is 11.9 Å². The summed E-state index contributed by atoms with van der Waals surface area (Å²) < 4.78 is 34.6. The third-order valence-corrected chi connectivity index (χ3v) is 20.1. The number of carbonyl (C=O) groups excluding carboxylic acids is 1. The molecule has 1 unspecified atom stereocenters. The number of carboxylic acids is 1. The van der Waals surface area contributed by atoms with Gasteiger partial charge in [-0.15, -0.1) is 0 Å². The maximum Gasteiger partial charge on any atom is 0.340 e. The molecule has 0 radical (unpaired) electrons. The number of carboxylic acid groups (broad SMARTS) is 1. The number of aliphatic carboxylic acids is 1. The van der Waals surface area contributed by atoms with Gasteiger partial charge in [0.05, 0.1) is 17.1 Å². The summed E-state index contributed by atoms with van der Waals surface area (Å²) in [7, 11) is -2.90. The number of aliphatic hydroxyl groups excluding tert-OH is 3. The van der Waals surface area contributed by atoms with Crippen LogP contribution in [-0.2, 0) is 24.1 Å². The number of esters is 1. The van der Waals surface area contributed by atoms with Crippen molar-refractivity contribution in [2.45, 2.75) is 136 Å². The van der Waals surface area contributed by atoms with Crippen LogP contribution in [0.5, 0.6) is 0 Å². The Hall–Kier alpha value is -2.65. The van der Waals surface area contributed by atoms with Gasteiger partial charge in [0.25, 0.3) is 0 Å². The van der Waals surface area contributed by atoms with Crippen LogP contribution in [0, 0.1) is 51.2 Å². The van der Waals surface area contributed by atoms with E-state index in [1.165, 1.54) is 56.1 Å². The Balaban J connectivity index is 0.988. The van der Waals surface area contributed by atoms with Crippen molar-refractivity contribution in [2.24, 2.45) is 51.2 Å². The molecule has 12 nitrogen and oxygen atoms in total. The number of nitrogens with one attached hydrogen (secondary N) is 1. The van der Waals surface area contributed by atoms with Crippen molar-refractivity contribution in [3.8, 4) is 0 Å². The quantitative estimate of drug-likeness (QED) is 0.157. The molecule has 5 aliphatic carbocycles. The molecule has 61 heavy (non-hydrogen) atoms. The molecule has 0 spiro atoms. The predicted molar refractivity (Wildman–Crippen MR) is 232 cm³/mol. The summed E-state index contributed by atoms with van der Waals surface area (Å²) in [5.41, 5.74) is 4.25. The summed E-state index contributed by atoms with van der Waals surface area (Å²) in [4.78, 5) is 27.0. The van der Waals surface area contributed by atoms with E-state index in [0.717, 1.165) is 31.5 Å². The van der Waals surface area contributed by atoms with E-state index in [0.29, 0.717) is 42.7 Å². The lowest BCUT2D eigenvalue weighted by Gasteiger charge is -2.72. The monoisotopic (exact) mass is 866 g/mol. The van der Waals surface area contributed by atoms with Crippen LogP contribution >= 0.6 is 0 Å². The van der Waals surface area contributed by atoms with Gasteiger partial charge < -0.3 is 40.1 Å². The number of benzene rings is 1. The summed E-state index contributed by atoms with van der Waals surface area (Å²) in [6.07, 6.45) is 3.80. The van der Waals surface area contributed by atoms with Crippen LogP contribution in [0.25, 0.3) is 5.57 Å². The number of sulfone groups is 1. The van der Waals surface area contributed by atoms with Crippen LogP contribution in [0.1, 0.15) is 115 Å². The molecule has 2 saturated heterocycles. The Bertz CT molecular complexity index is 2020. The third-order valence-electron chi connectivity index (χ3n) is 18.5. The van der Waals surface area contributed by atoms with Crippen LogP contribution < -0.4 is 5.32 Å². The molecule has 2 aliphatic heterocycles. The molecule has 0 aromatic heterocycles. The maximum atomic E-state index is 13.2. The number of nitrogens with zero attached hydrogens (tertiary/aromatic N) is 1. The van der Waals surface area contributed by atoms with E-state index >= 15 is 0 Å². The van der Waals surface area contributed by atoms with Gasteiger partial charge in [0.2, 0.25) is 6.29 Å². The molecule has 13 heteroatoms. The summed E-state index contributed by atoms with van der Waals surface area (Å²) in [5.74, 6) is 0.839. The number of allylic oxidation sites excluding steroid dienone is 3. The van der Waals surface area contributed by atoms with Crippen LogP contribution in [0.15, 0.2) is 42.5 Å². The minimum atomic E-state index is -2.90. The van der Waals surface area contributed by atoms with Crippen molar-refractivity contribution in [1.29, 1.82) is 0 Å². The van der Waals surface area contributed by atoms with E-state index in [4.69, 9.17) is 9.47 Å². The molecule has 0 amide bonds. The number of hydrogen-bond donors (Lipinski definition) is 5. The highest BCUT2D eigenvalue weighted by Crippen LogP contribution is 2.76. The van der Waals surface area contributed by atoms with E-state index in [1.807, 2.05) is 12.1 Å². The van der Waals surface area contributed by atoms with Crippen molar-refractivity contribution < 1.29 is 47.9 Å². The summed E-state index contributed by atoms with van der Waals surface area (Å²) in [5, 5.41) is 44.1. The Morgan fingerprint density at radius 2 is 1.57 bits per heavy atom. The number of ether oxygens (including phenoxy) is 2. The summed E-state index contributed by atoms with van der Waals surface area (Å²) in [6.45, 7) is 22.6. The predicted octanol–water partition coefficient (Wildman–Crippen LogP) is 5.46. The van der Waals surface area contributed by atoms with Crippen molar-refractivity contribution in [3.63, 3.8) is 0 Å². The van der Waals surface area contributed by atoms with Crippen molar-refractivity contribution in [2.75, 3.05) is 37.7 Å². The van der Waals surface area contributed by atoms with Gasteiger partial charge in [0.15, 0.2) is 15.9 Å². The van der Waals surface area contributed by atoms with E-state index in [1.54, 1.807) is 12.1 Å². The smallest absolute Gasteiger partial charge is 0.340 e. The first-order valence-corrected chi connectivity index (χ1v) is 24.7. The first-order chi connectivity index (χ1) is 28.6. The van der Waals surface area contributed by atoms with Gasteiger partial charge in [-0.3, -0.25) is 0 Å². The molecule has 7 aliphatic rings. The Morgan fingerprint density at radius 3 is 2.23 bits per heavy atom. The van der Waals surface area contributed by atoms with Crippen LogP contribution in [0.3, 0.4) is 0 Å². The average molecular weight is 867 g/mol. The zero-order valence-corrected chi connectivity index (χ0v) is 37.9. The molecular formula is C48H70N2O10S. The second-order valence-electron chi connectivity index (χ2n) is 21.5. The minimum absolute atomic E-state index is 0.0943. The van der Waals surface area contributed by atoms with Crippen LogP contribution in [0.4, 0.5) is 0 Å². The average Bonchev–Trinajstić information content (AvgIpc) is 3.59. The van der Waals surface area contributed by atoms with Gasteiger partial charge in [-0.1, -0.05) is 65.0 Å². The summed E-state index contributed by atoms with van der Waals surface area (Å²) in [6, 6.07) is 7.16. The molecule has 2 heterocycles. The normalized spacial score (nSPS) is 44.0. The number of fused-ring (bicyclic) bond motifs is 7. The van der Waals surface area contributed by atoms with E-state index in [9.17, 15) is 38.4 Å². The maximum absolute atomic E-state index is 13.2. The third kappa shape index (κ3) is 7.28. The molecule has 5 N–H and O–H groups in total. The van der Waals surface area contributed by atoms with E-state index < -0.39 is 52.5 Å². The van der Waals surface area contributed by atoms with Gasteiger partial charge in [-0.25, -0.2) is 18.0 Å². The Labute approximate surface area is 362 Å². The fourth-order valence-electron chi connectivity index (χ4n) is 15.1. The lowest BCUT2D eigenvalue weighted by atomic mass is 9.33. The molecule has 338 valence electrons. The summed E-state index contributed by atoms with van der Waals surface area (Å²) >= 11 is 0. The Kier molecular flexibility index (Phi) is 11.6. The van der Waals surface area contributed by atoms with Crippen LogP contribution in [-0.4, -0.2) is 120 Å². The van der Waals surface area contributed by atoms with Gasteiger partial charge in [-0.2, -0.15) is 0 Å². The lowest BCUT2D eigenvalue weighted by molar-refractivity contribution is -0.278. The van der Waals surface area contributed by atoms with Crippen molar-refractivity contribution in [3.05, 3.63) is 53.6 Å². The standard InChI is InChI=1S/C48H70N2O10S/c1-28(2)31-14-19-48(49-22-23-50-24-26-61(57,58)27-25-50)21-20-46(6)33(36(31)48)12-13-35-45(5)17-15-32(44(3,4)34(45)16-18-47(35,46)7)29-8-10-30(11-9-29)42(56)60-43-39(53)37(51)38(52)40(59-43)41(54)55/h8-11,15,31,33-40,43,49,51-53H,1,12-14,16-27H2,2-7H3,(H,54,55)/t31-,33+,34-,35+,36+,37-,38-,39+,40-,43?,45-,46+,47+,48-/m0/s1. The Morgan fingerprint density at radius 1 is 0.885 bits per heavy atom. The SMILES string of the molecule is C=C(C)[C@@H]1CC[C@]2(NCCN3CCS(=O)(=O)CC3)CC[C@]3(C)[C@H](CC[C@@H]4[C@@]5(C)CC=C(c6ccc(C(=O)OC7O[C@H](C(=O)O)[C@@H](O)[C@H](O)[C@H]7O)cc6)C(C)(C)[C@@H]5CC[C@]43C)[C@@H]12. The highest BCUT2D eigenvalue weighted by atomic mass is 32.2. The van der Waals surface area contributed by atoms with E-state index in [-0.39, 0.29) is 44.3 Å². The molecule has 1 aromatic rings. The first kappa shape index (κ1) is 44.9. The highest BCUT2D eigenvalue weighted by Gasteiger charge is 2.70. The number of hydrogen-bond acceptors (Lipinski definition) is 11. The second-order valence-corrected chi connectivity index (χ2v) is 23.8. The van der Waals surface area contributed by atoms with Gasteiger partial charge in [0.1, 0.15) is 18.3 Å². The molecule has 4 saturated carbocycles. The molecular weight excluding hydrogens is 797 g/mol. The number of rotatable bonds is 9. The number of carbonyl (C=O) groups is 2. The first-order valence-electron chi connectivity index (χ1n) is 22.9. The zero-order chi connectivity index (χ0) is 44.1. The fraction of sp³-hybridized carbons (Fsp3) is 0.750. The highest BCUT2D eigenvalue weighted by molar-refractivity contribution is 7.91. The van der Waals surface area contributed by atoms with E-state index in [2.05, 4.69) is 64.4 Å². The fourth-order valence-corrected chi connectivity index (χ4v) is 16.4. The van der Waals surface area contributed by atoms with Gasteiger partial charge in [-0.05, 0) is 139 Å². The largest absolute Gasteiger partial charge is 0.479 e. The number of aliphatic hydroxyl groups is 3. The zero-order valence-electron chi connectivity index (χ0n) is 37.1. The van der Waals surface area contributed by atoms with Gasteiger partial charge in [0, 0.05) is 31.7 Å². The molecule has 8 rings (SSSR count). The van der Waals surface area contributed by atoms with Crippen molar-refractivity contribution in [1.82, 2.24) is 10.2 Å². The van der Waals surface area contributed by atoms with Crippen molar-refractivity contribution >= 4 is 27.3 Å². The lowest BCUT2D eigenvalue weighted by Crippen LogP contribution is -2.68. The van der Waals surface area contributed by atoms with Crippen LogP contribution in [0.2, 0.25) is 0 Å². The molecule has 0 bridgehead atoms.